The molecule has 94 valence electrons. The second-order valence-corrected chi connectivity index (χ2v) is 4.52. The highest BCUT2D eigenvalue weighted by atomic mass is 16.4. The SMILES string of the molecule is C/C=C(/CC)C(C)(CC)CN[C@@H](C)C(=O)O. The molecule has 0 aliphatic carbocycles. The maximum atomic E-state index is 10.7. The van der Waals surface area contributed by atoms with E-state index in [-0.39, 0.29) is 5.41 Å². The molecule has 0 aromatic heterocycles. The van der Waals surface area contributed by atoms with E-state index in [9.17, 15) is 4.79 Å². The van der Waals surface area contributed by atoms with Gasteiger partial charge in [-0.2, -0.15) is 0 Å². The number of rotatable bonds is 7. The Morgan fingerprint density at radius 2 is 2.06 bits per heavy atom. The van der Waals surface area contributed by atoms with Crippen LogP contribution < -0.4 is 5.32 Å². The predicted octanol–water partition coefficient (Wildman–Crippen LogP) is 2.82. The van der Waals surface area contributed by atoms with E-state index in [4.69, 9.17) is 5.11 Å². The largest absolute Gasteiger partial charge is 0.480 e. The number of allylic oxidation sites excluding steroid dienone is 1. The molecule has 0 saturated heterocycles. The highest BCUT2D eigenvalue weighted by Gasteiger charge is 2.26. The van der Waals surface area contributed by atoms with Crippen LogP contribution in [0, 0.1) is 5.41 Å². The Morgan fingerprint density at radius 3 is 2.38 bits per heavy atom. The number of hydrogen-bond donors (Lipinski definition) is 2. The quantitative estimate of drug-likeness (QED) is 0.657. The lowest BCUT2D eigenvalue weighted by atomic mass is 9.78. The third-order valence-electron chi connectivity index (χ3n) is 3.45. The number of carbonyl (C=O) groups is 1. The van der Waals surface area contributed by atoms with Crippen molar-refractivity contribution in [3.8, 4) is 0 Å². The molecule has 0 rings (SSSR count). The molecule has 2 atom stereocenters. The molecule has 3 nitrogen and oxygen atoms in total. The summed E-state index contributed by atoms with van der Waals surface area (Å²) in [6.45, 7) is 10.9. The van der Waals surface area contributed by atoms with Gasteiger partial charge in [-0.05, 0) is 26.7 Å². The van der Waals surface area contributed by atoms with Gasteiger partial charge in [-0.25, -0.2) is 0 Å². The summed E-state index contributed by atoms with van der Waals surface area (Å²) in [4.78, 5) is 10.7. The van der Waals surface area contributed by atoms with Gasteiger partial charge < -0.3 is 10.4 Å². The Bertz CT molecular complexity index is 261. The highest BCUT2D eigenvalue weighted by molar-refractivity contribution is 5.72. The zero-order chi connectivity index (χ0) is 12.8. The predicted molar refractivity (Wildman–Crippen MR) is 67.5 cm³/mol. The van der Waals surface area contributed by atoms with E-state index in [0.717, 1.165) is 12.8 Å². The van der Waals surface area contributed by atoms with Crippen LogP contribution in [0.15, 0.2) is 11.6 Å². The third-order valence-corrected chi connectivity index (χ3v) is 3.45. The molecule has 16 heavy (non-hydrogen) atoms. The summed E-state index contributed by atoms with van der Waals surface area (Å²) in [5, 5.41) is 11.9. The van der Waals surface area contributed by atoms with Gasteiger partial charge in [-0.1, -0.05) is 32.4 Å². The van der Waals surface area contributed by atoms with Crippen molar-refractivity contribution in [3.63, 3.8) is 0 Å². The van der Waals surface area contributed by atoms with E-state index in [1.165, 1.54) is 5.57 Å². The van der Waals surface area contributed by atoms with Crippen LogP contribution in [0.2, 0.25) is 0 Å². The number of carboxylic acids is 1. The van der Waals surface area contributed by atoms with Gasteiger partial charge in [0.15, 0.2) is 0 Å². The van der Waals surface area contributed by atoms with Crippen molar-refractivity contribution >= 4 is 5.97 Å². The summed E-state index contributed by atoms with van der Waals surface area (Å²) in [5.74, 6) is -0.794. The maximum absolute atomic E-state index is 10.7. The number of carboxylic acid groups (broad SMARTS) is 1. The Labute approximate surface area is 98.9 Å². The molecule has 2 N–H and O–H groups in total. The van der Waals surface area contributed by atoms with Gasteiger partial charge in [0.05, 0.1) is 0 Å². The molecule has 0 aliphatic rings. The molecule has 0 heterocycles. The smallest absolute Gasteiger partial charge is 0.320 e. The van der Waals surface area contributed by atoms with Crippen molar-refractivity contribution < 1.29 is 9.90 Å². The zero-order valence-electron chi connectivity index (χ0n) is 11.1. The molecule has 0 amide bonds. The lowest BCUT2D eigenvalue weighted by molar-refractivity contribution is -0.139. The van der Waals surface area contributed by atoms with Crippen LogP contribution in [0.25, 0.3) is 0 Å². The number of aliphatic carboxylic acids is 1. The topological polar surface area (TPSA) is 49.3 Å². The van der Waals surface area contributed by atoms with E-state index in [1.807, 2.05) is 6.92 Å². The van der Waals surface area contributed by atoms with E-state index < -0.39 is 12.0 Å². The molecule has 0 saturated carbocycles. The van der Waals surface area contributed by atoms with Gasteiger partial charge in [-0.15, -0.1) is 0 Å². The van der Waals surface area contributed by atoms with Gasteiger partial charge in [-0.3, -0.25) is 4.79 Å². The lowest BCUT2D eigenvalue weighted by Gasteiger charge is -2.32. The Hall–Kier alpha value is -0.830. The van der Waals surface area contributed by atoms with Crippen LogP contribution in [0.5, 0.6) is 0 Å². The van der Waals surface area contributed by atoms with Gasteiger partial charge in [0, 0.05) is 12.0 Å². The summed E-state index contributed by atoms with van der Waals surface area (Å²) in [7, 11) is 0. The molecular formula is C13H25NO2. The minimum Gasteiger partial charge on any atom is -0.480 e. The van der Waals surface area contributed by atoms with E-state index in [1.54, 1.807) is 6.92 Å². The fourth-order valence-electron chi connectivity index (χ4n) is 1.91. The molecular weight excluding hydrogens is 202 g/mol. The molecule has 0 aromatic rings. The second kappa shape index (κ2) is 6.69. The average Bonchev–Trinajstić information content (AvgIpc) is 2.27. The first-order valence-corrected chi connectivity index (χ1v) is 6.03. The van der Waals surface area contributed by atoms with Gasteiger partial charge >= 0.3 is 5.97 Å². The monoisotopic (exact) mass is 227 g/mol. The Morgan fingerprint density at radius 1 is 1.50 bits per heavy atom. The van der Waals surface area contributed by atoms with Crippen LogP contribution in [-0.2, 0) is 4.79 Å². The molecule has 1 unspecified atom stereocenters. The normalized spacial score (nSPS) is 17.9. The summed E-state index contributed by atoms with van der Waals surface area (Å²) < 4.78 is 0. The van der Waals surface area contributed by atoms with E-state index >= 15 is 0 Å². The molecule has 0 radical (unpaired) electrons. The van der Waals surface area contributed by atoms with Crippen molar-refractivity contribution in [1.29, 1.82) is 0 Å². The zero-order valence-corrected chi connectivity index (χ0v) is 11.1. The van der Waals surface area contributed by atoms with Crippen LogP contribution >= 0.6 is 0 Å². The fraction of sp³-hybridized carbons (Fsp3) is 0.769. The van der Waals surface area contributed by atoms with Crippen LogP contribution in [0.1, 0.15) is 47.5 Å². The van der Waals surface area contributed by atoms with E-state index in [2.05, 4.69) is 32.2 Å². The van der Waals surface area contributed by atoms with Gasteiger partial charge in [0.2, 0.25) is 0 Å². The van der Waals surface area contributed by atoms with Crippen LogP contribution in [-0.4, -0.2) is 23.7 Å². The fourth-order valence-corrected chi connectivity index (χ4v) is 1.91. The minimum absolute atomic E-state index is 0.0627. The third kappa shape index (κ3) is 3.97. The molecule has 0 fully saturated rings. The minimum atomic E-state index is -0.794. The van der Waals surface area contributed by atoms with E-state index in [0.29, 0.717) is 6.54 Å². The first-order chi connectivity index (χ1) is 7.41. The molecule has 0 bridgehead atoms. The first-order valence-electron chi connectivity index (χ1n) is 6.03. The molecule has 3 heteroatoms. The van der Waals surface area contributed by atoms with Crippen molar-refractivity contribution in [3.05, 3.63) is 11.6 Å². The van der Waals surface area contributed by atoms with Gasteiger partial charge in [0.1, 0.15) is 6.04 Å². The summed E-state index contributed by atoms with van der Waals surface area (Å²) in [5.41, 5.74) is 1.45. The number of nitrogens with one attached hydrogen (secondary N) is 1. The first kappa shape index (κ1) is 15.2. The molecule has 0 spiro atoms. The van der Waals surface area contributed by atoms with Crippen molar-refractivity contribution in [1.82, 2.24) is 5.32 Å². The Kier molecular flexibility index (Phi) is 6.34. The van der Waals surface area contributed by atoms with Crippen molar-refractivity contribution in [2.45, 2.75) is 53.5 Å². The Balaban J connectivity index is 4.55. The average molecular weight is 227 g/mol. The van der Waals surface area contributed by atoms with Gasteiger partial charge in [0.25, 0.3) is 0 Å². The maximum Gasteiger partial charge on any atom is 0.320 e. The lowest BCUT2D eigenvalue weighted by Crippen LogP contribution is -2.41. The molecule has 0 aliphatic heterocycles. The summed E-state index contributed by atoms with van der Waals surface area (Å²) >= 11 is 0. The van der Waals surface area contributed by atoms with Crippen molar-refractivity contribution in [2.24, 2.45) is 5.41 Å². The number of hydrogen-bond acceptors (Lipinski definition) is 2. The summed E-state index contributed by atoms with van der Waals surface area (Å²) in [6, 6.07) is -0.485. The second-order valence-electron chi connectivity index (χ2n) is 4.52. The van der Waals surface area contributed by atoms with Crippen LogP contribution in [0.3, 0.4) is 0 Å². The standard InChI is InChI=1S/C13H25NO2/c1-6-11(7-2)13(5,8-3)9-14-10(4)12(15)16/h6,10,14H,7-9H2,1-5H3,(H,15,16)/b11-6-/t10-,13?/m0/s1. The van der Waals surface area contributed by atoms with Crippen LogP contribution in [0.4, 0.5) is 0 Å². The molecule has 0 aromatic carbocycles. The van der Waals surface area contributed by atoms with Crippen molar-refractivity contribution in [2.75, 3.05) is 6.54 Å². The summed E-state index contributed by atoms with van der Waals surface area (Å²) in [6.07, 6.45) is 4.18. The highest BCUT2D eigenvalue weighted by Crippen LogP contribution is 2.32.